The van der Waals surface area contributed by atoms with Crippen LogP contribution in [0, 0.1) is 50.2 Å². The summed E-state index contributed by atoms with van der Waals surface area (Å²) in [6.45, 7) is 13.8. The molecule has 4 saturated carbocycles. The number of carboxylic acid groups (broad SMARTS) is 2. The van der Waals surface area contributed by atoms with Crippen molar-refractivity contribution in [3.8, 4) is 0 Å². The molecular formula is C48H73NO19S. The number of Topliss-reactive ketones (excluding diaryl/α,β-unsaturated/α-hetero) is 1. The number of allylic oxidation sites excluding steroid dienone is 2. The lowest BCUT2D eigenvalue weighted by Gasteiger charge is -2.70. The first-order valence-corrected chi connectivity index (χ1v) is 23.8. The van der Waals surface area contributed by atoms with Gasteiger partial charge < -0.3 is 69.9 Å². The van der Waals surface area contributed by atoms with Crippen LogP contribution in [0.4, 0.5) is 0 Å². The molecular weight excluding hydrogens is 927 g/mol. The van der Waals surface area contributed by atoms with Gasteiger partial charge in [-0.05, 0) is 110 Å². The fraction of sp³-hybridized carbons (Fsp3) is 0.833. The summed E-state index contributed by atoms with van der Waals surface area (Å²) in [7, 11) is 1.08. The van der Waals surface area contributed by atoms with E-state index in [0.717, 1.165) is 31.9 Å². The summed E-state index contributed by atoms with van der Waals surface area (Å²) in [4.78, 5) is 77.4. The maximum atomic E-state index is 15.0. The average Bonchev–Trinajstić information content (AvgIpc) is 3.26. The molecule has 0 radical (unpaired) electrons. The highest BCUT2D eigenvalue weighted by Crippen LogP contribution is 2.75. The molecule has 0 amide bonds. The van der Waals surface area contributed by atoms with E-state index < -0.39 is 144 Å². The molecule has 9 N–H and O–H groups in total. The van der Waals surface area contributed by atoms with Crippen LogP contribution in [-0.4, -0.2) is 158 Å². The number of hydrogen-bond donors (Lipinski definition) is 8. The van der Waals surface area contributed by atoms with E-state index in [0.29, 0.717) is 38.5 Å². The second-order valence-electron chi connectivity index (χ2n) is 22.8. The summed E-state index contributed by atoms with van der Waals surface area (Å²) in [6.07, 6.45) is -14.0. The van der Waals surface area contributed by atoms with Gasteiger partial charge in [0.1, 0.15) is 49.3 Å². The lowest BCUT2D eigenvalue weighted by Crippen LogP contribution is -2.68. The monoisotopic (exact) mass is 999 g/mol. The minimum Gasteiger partial charge on any atom is -0.481 e. The van der Waals surface area contributed by atoms with E-state index in [-0.39, 0.29) is 41.9 Å². The lowest BCUT2D eigenvalue weighted by atomic mass is 9.33. The lowest BCUT2D eigenvalue weighted by molar-refractivity contribution is -0.371. The van der Waals surface area contributed by atoms with Gasteiger partial charge >= 0.3 is 23.9 Å². The molecule has 6 fully saturated rings. The van der Waals surface area contributed by atoms with Crippen molar-refractivity contribution in [2.24, 2.45) is 56.0 Å². The van der Waals surface area contributed by atoms with Gasteiger partial charge in [-0.1, -0.05) is 47.1 Å². The van der Waals surface area contributed by atoms with Crippen LogP contribution < -0.4 is 5.73 Å². The first kappa shape index (κ1) is 55.2. The Morgan fingerprint density at radius 2 is 1.41 bits per heavy atom. The van der Waals surface area contributed by atoms with Crippen LogP contribution in [-0.2, 0) is 57.2 Å². The number of nitrogens with two attached hydrogens (primary N) is 1. The summed E-state index contributed by atoms with van der Waals surface area (Å²) < 4.78 is 33.6. The molecule has 0 spiro atoms. The van der Waals surface area contributed by atoms with E-state index >= 15 is 0 Å². The van der Waals surface area contributed by atoms with Gasteiger partial charge in [-0.2, -0.15) is 13.5 Å². The number of rotatable bonds is 12. The summed E-state index contributed by atoms with van der Waals surface area (Å²) in [5, 5.41) is 74.7. The van der Waals surface area contributed by atoms with Gasteiger partial charge in [0.25, 0.3) is 0 Å². The van der Waals surface area contributed by atoms with E-state index in [2.05, 4.69) is 32.4 Å². The van der Waals surface area contributed by atoms with Gasteiger partial charge in [-0.15, -0.1) is 0 Å². The minimum absolute atomic E-state index is 0. The molecule has 1 unspecified atom stereocenters. The molecule has 0 bridgehead atoms. The number of carbonyl (C=O) groups excluding carboxylic acids is 4. The summed E-state index contributed by atoms with van der Waals surface area (Å²) in [5.41, 5.74) is 3.52. The Hall–Kier alpha value is -3.09. The van der Waals surface area contributed by atoms with Crippen molar-refractivity contribution in [1.82, 2.24) is 0 Å². The number of ether oxygens (including phenoxy) is 6. The largest absolute Gasteiger partial charge is 0.481 e. The zero-order valence-electron chi connectivity index (χ0n) is 40.6. The Bertz CT molecular complexity index is 2070. The predicted octanol–water partition coefficient (Wildman–Crippen LogP) is 1.28. The number of aliphatic hydroxyl groups excluding tert-OH is 5. The molecule has 20 atom stereocenters. The molecule has 390 valence electrons. The van der Waals surface area contributed by atoms with Crippen molar-refractivity contribution in [1.29, 1.82) is 0 Å². The van der Waals surface area contributed by atoms with E-state index in [1.807, 2.05) is 26.8 Å². The molecule has 2 aliphatic heterocycles. The molecule has 0 aromatic heterocycles. The smallest absolute Gasteiger partial charge is 0.338 e. The third-order valence-corrected chi connectivity index (χ3v) is 18.5. The van der Waals surface area contributed by atoms with Crippen molar-refractivity contribution >= 4 is 48.9 Å². The van der Waals surface area contributed by atoms with E-state index in [4.69, 9.17) is 29.4 Å². The van der Waals surface area contributed by atoms with Crippen molar-refractivity contribution in [2.75, 3.05) is 13.7 Å². The number of methoxy groups -OCH3 is 1. The number of hydrogen-bond acceptors (Lipinski definition) is 18. The maximum Gasteiger partial charge on any atom is 0.338 e. The van der Waals surface area contributed by atoms with Crippen LogP contribution in [0.2, 0.25) is 0 Å². The summed E-state index contributed by atoms with van der Waals surface area (Å²) in [5.74, 6) is -6.09. The highest BCUT2D eigenvalue weighted by molar-refractivity contribution is 7.59. The number of aliphatic hydroxyl groups is 5. The molecule has 0 aromatic rings. The predicted molar refractivity (Wildman–Crippen MR) is 243 cm³/mol. The average molecular weight is 1000 g/mol. The molecule has 2 heterocycles. The molecule has 69 heavy (non-hydrogen) atoms. The zero-order valence-corrected chi connectivity index (χ0v) is 41.6. The SMILES string of the molecule is COC(=O)C(N)CC(=O)COC(=O)[C@H]1O[C@H](O[C@H]2CC[C@]3(C)[C@H]4C(=O)C=C5[C@@H]6C[C@@](C)(C(=O)O)CC[C@]6(C)CC[C@@]5(C)[C@]4(C)CC[C@H]3C2(C)C)[C@H](O[C@@H]2O[C@H](C(=O)O)[C@@H](O)[C@H](O)[C@H]2O)[C@@H](O)[C@@H]1O.S. The number of esters is 2. The molecule has 2 saturated heterocycles. The number of aliphatic carboxylic acids is 2. The number of ketones is 2. The topological polar surface area (TPSA) is 325 Å². The van der Waals surface area contributed by atoms with Gasteiger partial charge in [0.15, 0.2) is 36.4 Å². The number of carboxylic acids is 2. The molecule has 20 nitrogen and oxygen atoms in total. The van der Waals surface area contributed by atoms with Crippen molar-refractivity contribution < 1.29 is 92.9 Å². The van der Waals surface area contributed by atoms with Crippen LogP contribution in [0.5, 0.6) is 0 Å². The first-order valence-electron chi connectivity index (χ1n) is 23.8. The standard InChI is InChI=1S/C48H71NO19.H2S/c1-43(2)26-9-12-48(7)36(25(51)18-22-23-19-45(4,42(61)62)14-13-44(23,3)15-16-47(22,48)6)46(26,5)11-10-27(43)65-41-35(68-40-32(56)28(52)29(53)33(66-40)37(57)58)31(55)30(54)34(67-41)39(60)64-20-21(50)17-24(49)38(59)63-8;/h18,23-24,26-36,40-41,52-56H,9-17,19-20,49H2,1-8H3,(H,57,58)(H,61,62);1H2/t23-,24?,26-,27-,28-,29-,30-,31-,32+,33-,34-,35+,36+,40-,41-,44+,45-,46-,47+,48+;/m0./s1. The molecule has 7 rings (SSSR count). The molecule has 0 aromatic carbocycles. The maximum absolute atomic E-state index is 15.0. The molecule has 7 aliphatic rings. The fourth-order valence-corrected chi connectivity index (χ4v) is 14.1. The Kier molecular flexibility index (Phi) is 15.5. The third-order valence-electron chi connectivity index (χ3n) is 18.5. The highest BCUT2D eigenvalue weighted by Gasteiger charge is 2.71. The minimum atomic E-state index is -2.15. The quantitative estimate of drug-likeness (QED) is 0.101. The first-order chi connectivity index (χ1) is 31.5. The van der Waals surface area contributed by atoms with Crippen molar-refractivity contribution in [3.05, 3.63) is 11.6 Å². The van der Waals surface area contributed by atoms with Crippen LogP contribution in [0.3, 0.4) is 0 Å². The Morgan fingerprint density at radius 3 is 2.03 bits per heavy atom. The van der Waals surface area contributed by atoms with Gasteiger partial charge in [-0.3, -0.25) is 19.2 Å². The third kappa shape index (κ3) is 9.11. The van der Waals surface area contributed by atoms with Gasteiger partial charge in [0.2, 0.25) is 0 Å². The van der Waals surface area contributed by atoms with E-state index in [9.17, 15) is 64.5 Å². The molecule has 5 aliphatic carbocycles. The fourth-order valence-electron chi connectivity index (χ4n) is 14.1. The van der Waals surface area contributed by atoms with E-state index in [1.165, 1.54) is 0 Å². The van der Waals surface area contributed by atoms with Crippen LogP contribution in [0.1, 0.15) is 113 Å². The van der Waals surface area contributed by atoms with Crippen LogP contribution >= 0.6 is 13.5 Å². The van der Waals surface area contributed by atoms with Crippen LogP contribution in [0.15, 0.2) is 11.6 Å². The summed E-state index contributed by atoms with van der Waals surface area (Å²) in [6, 6.07) is -1.35. The van der Waals surface area contributed by atoms with Gasteiger partial charge in [-0.25, -0.2) is 9.59 Å². The second-order valence-corrected chi connectivity index (χ2v) is 22.8. The zero-order chi connectivity index (χ0) is 50.4. The van der Waals surface area contributed by atoms with Crippen LogP contribution in [0.25, 0.3) is 0 Å². The Balaban J connectivity index is 0.00000782. The second kappa shape index (κ2) is 19.4. The van der Waals surface area contributed by atoms with Gasteiger partial charge in [0.05, 0.1) is 18.6 Å². The van der Waals surface area contributed by atoms with Gasteiger partial charge in [0, 0.05) is 12.3 Å². The van der Waals surface area contributed by atoms with Crippen molar-refractivity contribution in [2.45, 2.75) is 186 Å². The highest BCUT2D eigenvalue weighted by atomic mass is 32.1. The normalized spacial score (nSPS) is 46.2. The number of fused-ring (bicyclic) bond motifs is 7. The number of carbonyl (C=O) groups is 6. The summed E-state index contributed by atoms with van der Waals surface area (Å²) >= 11 is 0. The Morgan fingerprint density at radius 1 is 0.783 bits per heavy atom. The van der Waals surface area contributed by atoms with E-state index in [1.54, 1.807) is 0 Å². The molecule has 21 heteroatoms. The van der Waals surface area contributed by atoms with Crippen molar-refractivity contribution in [3.63, 3.8) is 0 Å². The Labute approximate surface area is 408 Å².